The van der Waals surface area contributed by atoms with Crippen LogP contribution >= 0.6 is 11.6 Å². The Balaban J connectivity index is 1.65. The molecule has 2 aliphatic rings. The molecular formula is C24H20ClN5O. The molecule has 2 aliphatic heterocycles. The molecule has 3 aromatic rings. The Kier molecular flexibility index (Phi) is 5.05. The van der Waals surface area contributed by atoms with Gasteiger partial charge in [-0.2, -0.15) is 5.26 Å². The first-order chi connectivity index (χ1) is 15.2. The largest absolute Gasteiger partial charge is 0.310 e. The molecule has 154 valence electrons. The first-order valence-corrected chi connectivity index (χ1v) is 10.8. The fraction of sp³-hybridized carbons (Fsp3) is 0.250. The van der Waals surface area contributed by atoms with E-state index in [1.165, 1.54) is 0 Å². The Morgan fingerprint density at radius 1 is 1.06 bits per heavy atom. The van der Waals surface area contributed by atoms with Crippen molar-refractivity contribution in [1.82, 2.24) is 14.8 Å². The van der Waals surface area contributed by atoms with Crippen LogP contribution in [0.5, 0.6) is 0 Å². The van der Waals surface area contributed by atoms with Crippen molar-refractivity contribution in [1.29, 1.82) is 5.26 Å². The second-order valence-electron chi connectivity index (χ2n) is 7.76. The maximum Gasteiger partial charge on any atom is 0.260 e. The van der Waals surface area contributed by atoms with Crippen molar-refractivity contribution in [2.24, 2.45) is 0 Å². The molecule has 7 heteroatoms. The van der Waals surface area contributed by atoms with Crippen molar-refractivity contribution >= 4 is 34.3 Å². The summed E-state index contributed by atoms with van der Waals surface area (Å²) in [7, 11) is 0. The summed E-state index contributed by atoms with van der Waals surface area (Å²) in [5.74, 6) is 1.15. The van der Waals surface area contributed by atoms with Gasteiger partial charge in [-0.15, -0.1) is 10.2 Å². The highest BCUT2D eigenvalue weighted by Crippen LogP contribution is 2.41. The van der Waals surface area contributed by atoms with Crippen LogP contribution < -0.4 is 4.90 Å². The number of anilines is 1. The normalized spacial score (nSPS) is 17.0. The van der Waals surface area contributed by atoms with Gasteiger partial charge in [0.2, 0.25) is 0 Å². The quantitative estimate of drug-likeness (QED) is 0.449. The zero-order valence-corrected chi connectivity index (χ0v) is 17.6. The zero-order valence-electron chi connectivity index (χ0n) is 16.9. The Morgan fingerprint density at radius 3 is 2.71 bits per heavy atom. The third kappa shape index (κ3) is 3.31. The van der Waals surface area contributed by atoms with E-state index >= 15 is 0 Å². The molecule has 2 aromatic carbocycles. The van der Waals surface area contributed by atoms with Gasteiger partial charge in [-0.1, -0.05) is 54.4 Å². The molecule has 0 fully saturated rings. The fourth-order valence-corrected chi connectivity index (χ4v) is 4.56. The van der Waals surface area contributed by atoms with Gasteiger partial charge in [0.25, 0.3) is 5.91 Å². The van der Waals surface area contributed by atoms with Gasteiger partial charge in [-0.25, -0.2) is 0 Å². The van der Waals surface area contributed by atoms with Gasteiger partial charge in [0.05, 0.1) is 17.8 Å². The molecule has 0 N–H and O–H groups in total. The van der Waals surface area contributed by atoms with E-state index in [4.69, 9.17) is 11.6 Å². The molecular weight excluding hydrogens is 410 g/mol. The molecule has 0 aliphatic carbocycles. The minimum Gasteiger partial charge on any atom is -0.310 e. The van der Waals surface area contributed by atoms with E-state index in [9.17, 15) is 10.1 Å². The molecule has 1 amide bonds. The number of halogens is 1. The van der Waals surface area contributed by atoms with E-state index < -0.39 is 0 Å². The number of hydrogen-bond donors (Lipinski definition) is 0. The third-order valence-corrected chi connectivity index (χ3v) is 6.27. The number of aryl methyl sites for hydroxylation is 1. The second-order valence-corrected chi connectivity index (χ2v) is 8.17. The van der Waals surface area contributed by atoms with Crippen molar-refractivity contribution in [2.45, 2.75) is 38.8 Å². The van der Waals surface area contributed by atoms with Crippen molar-refractivity contribution in [3.05, 3.63) is 76.3 Å². The zero-order chi connectivity index (χ0) is 21.4. The molecule has 0 bridgehead atoms. The van der Waals surface area contributed by atoms with Crippen LogP contribution in [0.2, 0.25) is 5.02 Å². The lowest BCUT2D eigenvalue weighted by Gasteiger charge is -2.18. The number of hydrogen-bond acceptors (Lipinski definition) is 4. The van der Waals surface area contributed by atoms with Crippen LogP contribution in [-0.4, -0.2) is 20.7 Å². The van der Waals surface area contributed by atoms with Crippen LogP contribution in [0.25, 0.3) is 11.1 Å². The van der Waals surface area contributed by atoms with E-state index in [0.29, 0.717) is 23.0 Å². The van der Waals surface area contributed by atoms with E-state index in [1.807, 2.05) is 53.1 Å². The highest BCUT2D eigenvalue weighted by molar-refractivity contribution is 6.38. The molecule has 3 heterocycles. The van der Waals surface area contributed by atoms with Crippen LogP contribution in [0.4, 0.5) is 5.69 Å². The van der Waals surface area contributed by atoms with Gasteiger partial charge >= 0.3 is 0 Å². The number of nitriles is 1. The summed E-state index contributed by atoms with van der Waals surface area (Å²) in [6.45, 7) is 1.09. The number of nitrogens with zero attached hydrogens (tertiary/aromatic N) is 5. The van der Waals surface area contributed by atoms with E-state index in [1.54, 1.807) is 4.90 Å². The van der Waals surface area contributed by atoms with Gasteiger partial charge in [0.15, 0.2) is 5.82 Å². The SMILES string of the molecule is N#C/C(=C1/C(=O)N(Cc2ccccc2Cl)c2ccccc21)c1nnc2n1CCCCC2. The Labute approximate surface area is 185 Å². The smallest absolute Gasteiger partial charge is 0.260 e. The molecule has 31 heavy (non-hydrogen) atoms. The third-order valence-electron chi connectivity index (χ3n) is 5.90. The van der Waals surface area contributed by atoms with E-state index in [-0.39, 0.29) is 11.5 Å². The van der Waals surface area contributed by atoms with Gasteiger partial charge in [-0.3, -0.25) is 4.79 Å². The van der Waals surface area contributed by atoms with Gasteiger partial charge in [0.1, 0.15) is 17.5 Å². The average molecular weight is 430 g/mol. The Hall–Kier alpha value is -3.43. The number of benzene rings is 2. The summed E-state index contributed by atoms with van der Waals surface area (Å²) < 4.78 is 2.01. The molecule has 0 saturated carbocycles. The summed E-state index contributed by atoms with van der Waals surface area (Å²) in [4.78, 5) is 15.3. The molecule has 0 radical (unpaired) electrons. The Morgan fingerprint density at radius 2 is 1.87 bits per heavy atom. The number of carbonyl (C=O) groups is 1. The van der Waals surface area contributed by atoms with Crippen LogP contribution in [-0.2, 0) is 24.3 Å². The molecule has 0 atom stereocenters. The number of amides is 1. The topological polar surface area (TPSA) is 74.8 Å². The first-order valence-electron chi connectivity index (χ1n) is 10.4. The molecule has 5 rings (SSSR count). The number of rotatable bonds is 3. The highest BCUT2D eigenvalue weighted by Gasteiger charge is 2.36. The fourth-order valence-electron chi connectivity index (χ4n) is 4.36. The monoisotopic (exact) mass is 429 g/mol. The van der Waals surface area contributed by atoms with Crippen LogP contribution in [0.15, 0.2) is 48.5 Å². The van der Waals surface area contributed by atoms with Crippen molar-refractivity contribution < 1.29 is 4.79 Å². The summed E-state index contributed by atoms with van der Waals surface area (Å²) in [6, 6.07) is 17.3. The van der Waals surface area contributed by atoms with Gasteiger partial charge < -0.3 is 9.47 Å². The first kappa shape index (κ1) is 19.5. The summed E-state index contributed by atoms with van der Waals surface area (Å²) in [6.07, 6.45) is 4.03. The predicted octanol–water partition coefficient (Wildman–Crippen LogP) is 4.64. The van der Waals surface area contributed by atoms with Gasteiger partial charge in [0, 0.05) is 23.6 Å². The highest BCUT2D eigenvalue weighted by atomic mass is 35.5. The van der Waals surface area contributed by atoms with Crippen molar-refractivity contribution in [2.75, 3.05) is 4.90 Å². The molecule has 6 nitrogen and oxygen atoms in total. The Bertz CT molecular complexity index is 1250. The van der Waals surface area contributed by atoms with Crippen LogP contribution in [0.3, 0.4) is 0 Å². The standard InChI is InChI=1S/C24H20ClN5O/c25-19-10-5-3-8-16(19)15-30-20-11-6-4-9-17(20)22(24(30)31)18(14-26)23-28-27-21-12-2-1-7-13-29(21)23/h3-6,8-11H,1-2,7,12-13,15H2/b22-18-. The molecule has 0 spiro atoms. The van der Waals surface area contributed by atoms with Crippen molar-refractivity contribution in [3.8, 4) is 6.07 Å². The molecule has 0 saturated heterocycles. The maximum atomic E-state index is 13.6. The summed E-state index contributed by atoms with van der Waals surface area (Å²) in [5, 5.41) is 19.4. The number of carbonyl (C=O) groups excluding carboxylic acids is 1. The van der Waals surface area contributed by atoms with Crippen molar-refractivity contribution in [3.63, 3.8) is 0 Å². The van der Waals surface area contributed by atoms with E-state index in [2.05, 4.69) is 16.3 Å². The number of fused-ring (bicyclic) bond motifs is 2. The van der Waals surface area contributed by atoms with Crippen LogP contribution in [0, 0.1) is 11.3 Å². The molecule has 1 aromatic heterocycles. The van der Waals surface area contributed by atoms with Gasteiger partial charge in [-0.05, 0) is 30.5 Å². The lowest BCUT2D eigenvalue weighted by molar-refractivity contribution is -0.113. The predicted molar refractivity (Wildman–Crippen MR) is 119 cm³/mol. The van der Waals surface area contributed by atoms with E-state index in [0.717, 1.165) is 54.9 Å². The number of allylic oxidation sites excluding steroid dienone is 1. The average Bonchev–Trinajstić information content (AvgIpc) is 3.19. The summed E-state index contributed by atoms with van der Waals surface area (Å²) in [5.41, 5.74) is 3.01. The lowest BCUT2D eigenvalue weighted by Crippen LogP contribution is -2.26. The lowest BCUT2D eigenvalue weighted by atomic mass is 10.0. The number of aromatic nitrogens is 3. The maximum absolute atomic E-state index is 13.6. The number of para-hydroxylation sites is 1. The minimum atomic E-state index is -0.219. The van der Waals surface area contributed by atoms with Crippen LogP contribution in [0.1, 0.15) is 42.0 Å². The molecule has 0 unspecified atom stereocenters. The minimum absolute atomic E-state index is 0.219. The second kappa shape index (κ2) is 8.01. The summed E-state index contributed by atoms with van der Waals surface area (Å²) >= 11 is 6.36.